The van der Waals surface area contributed by atoms with Gasteiger partial charge < -0.3 is 15.4 Å². The number of amides is 1. The van der Waals surface area contributed by atoms with Gasteiger partial charge >= 0.3 is 0 Å². The maximum absolute atomic E-state index is 12.8. The van der Waals surface area contributed by atoms with Crippen molar-refractivity contribution in [3.63, 3.8) is 0 Å². The van der Waals surface area contributed by atoms with Crippen molar-refractivity contribution in [2.24, 2.45) is 0 Å². The molecule has 1 saturated heterocycles. The smallest absolute Gasteiger partial charge is 0.230 e. The first kappa shape index (κ1) is 17.4. The van der Waals surface area contributed by atoms with Crippen LogP contribution in [0.3, 0.4) is 0 Å². The molecule has 2 rings (SSSR count). The number of hydrogen-bond donors (Lipinski definition) is 2. The lowest BCUT2D eigenvalue weighted by atomic mass is 9.73. The fourth-order valence-electron chi connectivity index (χ4n) is 2.87. The van der Waals surface area contributed by atoms with Crippen molar-refractivity contribution in [2.75, 3.05) is 32.8 Å². The Bertz CT molecular complexity index is 470. The average Bonchev–Trinajstić information content (AvgIpc) is 2.55. The molecular formula is C17H25BrN2O2. The van der Waals surface area contributed by atoms with Crippen LogP contribution in [-0.4, -0.2) is 38.8 Å². The number of carbonyl (C=O) groups excluding carboxylic acids is 1. The average molecular weight is 369 g/mol. The van der Waals surface area contributed by atoms with E-state index in [1.54, 1.807) is 0 Å². The summed E-state index contributed by atoms with van der Waals surface area (Å²) in [5.41, 5.74) is 0.627. The van der Waals surface area contributed by atoms with Crippen molar-refractivity contribution in [3.05, 3.63) is 34.3 Å². The largest absolute Gasteiger partial charge is 0.381 e. The lowest BCUT2D eigenvalue weighted by Gasteiger charge is -2.36. The molecular weight excluding hydrogens is 344 g/mol. The molecule has 1 aromatic rings. The highest BCUT2D eigenvalue weighted by Gasteiger charge is 2.41. The zero-order chi connectivity index (χ0) is 15.8. The molecule has 0 radical (unpaired) electrons. The van der Waals surface area contributed by atoms with Gasteiger partial charge in [0.1, 0.15) is 0 Å². The lowest BCUT2D eigenvalue weighted by molar-refractivity contribution is -0.130. The quantitative estimate of drug-likeness (QED) is 0.727. The molecule has 5 heteroatoms. The van der Waals surface area contributed by atoms with Crippen LogP contribution in [0.15, 0.2) is 28.7 Å². The summed E-state index contributed by atoms with van der Waals surface area (Å²) >= 11 is 3.46. The number of halogens is 1. The molecule has 4 nitrogen and oxygen atoms in total. The van der Waals surface area contributed by atoms with Crippen LogP contribution in [0, 0.1) is 0 Å². The molecule has 2 N–H and O–H groups in total. The van der Waals surface area contributed by atoms with Crippen LogP contribution in [0.5, 0.6) is 0 Å². The van der Waals surface area contributed by atoms with E-state index in [-0.39, 0.29) is 5.91 Å². The zero-order valence-electron chi connectivity index (χ0n) is 13.2. The van der Waals surface area contributed by atoms with Gasteiger partial charge in [0, 0.05) is 30.8 Å². The van der Waals surface area contributed by atoms with Gasteiger partial charge in [0.05, 0.1) is 5.41 Å². The van der Waals surface area contributed by atoms with Gasteiger partial charge in [-0.15, -0.1) is 0 Å². The van der Waals surface area contributed by atoms with Gasteiger partial charge in [0.15, 0.2) is 0 Å². The third-order valence-electron chi connectivity index (χ3n) is 4.19. The van der Waals surface area contributed by atoms with Gasteiger partial charge in [-0.1, -0.05) is 35.0 Å². The van der Waals surface area contributed by atoms with Crippen LogP contribution in [0.4, 0.5) is 0 Å². The van der Waals surface area contributed by atoms with Gasteiger partial charge in [-0.3, -0.25) is 4.79 Å². The summed E-state index contributed by atoms with van der Waals surface area (Å²) in [7, 11) is 0. The molecule has 0 aliphatic carbocycles. The summed E-state index contributed by atoms with van der Waals surface area (Å²) < 4.78 is 6.51. The second-order valence-corrected chi connectivity index (χ2v) is 6.62. The first-order chi connectivity index (χ1) is 10.7. The Morgan fingerprint density at radius 3 is 2.50 bits per heavy atom. The Hall–Kier alpha value is -0.910. The third-order valence-corrected chi connectivity index (χ3v) is 4.72. The van der Waals surface area contributed by atoms with E-state index in [9.17, 15) is 4.79 Å². The Kier molecular flexibility index (Phi) is 6.86. The SMILES string of the molecule is CCCNCCNC(=O)C1(c2ccc(Br)cc2)CCOCC1. The lowest BCUT2D eigenvalue weighted by Crippen LogP contribution is -2.49. The summed E-state index contributed by atoms with van der Waals surface area (Å²) in [6.07, 6.45) is 2.58. The molecule has 0 unspecified atom stereocenters. The minimum Gasteiger partial charge on any atom is -0.381 e. The minimum atomic E-state index is -0.455. The first-order valence-electron chi connectivity index (χ1n) is 8.02. The van der Waals surface area contributed by atoms with Crippen LogP contribution >= 0.6 is 15.9 Å². The topological polar surface area (TPSA) is 50.4 Å². The van der Waals surface area contributed by atoms with Crippen LogP contribution in [-0.2, 0) is 14.9 Å². The van der Waals surface area contributed by atoms with E-state index in [1.165, 1.54) is 0 Å². The minimum absolute atomic E-state index is 0.122. The van der Waals surface area contributed by atoms with E-state index in [4.69, 9.17) is 4.74 Å². The van der Waals surface area contributed by atoms with Gasteiger partial charge in [-0.05, 0) is 43.5 Å². The predicted octanol–water partition coefficient (Wildman–Crippen LogP) is 2.61. The molecule has 0 aromatic heterocycles. The molecule has 0 bridgehead atoms. The standard InChI is InChI=1S/C17H25BrN2O2/c1-2-9-19-10-11-20-16(21)17(7-12-22-13-8-17)14-3-5-15(18)6-4-14/h3-6,19H,2,7-13H2,1H3,(H,20,21). The number of carbonyl (C=O) groups is 1. The van der Waals surface area contributed by atoms with Crippen molar-refractivity contribution >= 4 is 21.8 Å². The predicted molar refractivity (Wildman–Crippen MR) is 92.0 cm³/mol. The fraction of sp³-hybridized carbons (Fsp3) is 0.588. The number of hydrogen-bond acceptors (Lipinski definition) is 3. The summed E-state index contributed by atoms with van der Waals surface area (Å²) in [6, 6.07) is 8.10. The number of ether oxygens (including phenoxy) is 1. The number of rotatable bonds is 7. The van der Waals surface area contributed by atoms with Crippen molar-refractivity contribution in [2.45, 2.75) is 31.6 Å². The number of benzene rings is 1. The highest BCUT2D eigenvalue weighted by atomic mass is 79.9. The zero-order valence-corrected chi connectivity index (χ0v) is 14.7. The van der Waals surface area contributed by atoms with Crippen LogP contribution in [0.2, 0.25) is 0 Å². The molecule has 1 heterocycles. The van der Waals surface area contributed by atoms with E-state index in [0.717, 1.165) is 42.4 Å². The molecule has 1 aliphatic heterocycles. The van der Waals surface area contributed by atoms with E-state index in [2.05, 4.69) is 33.5 Å². The molecule has 1 aliphatic rings. The van der Waals surface area contributed by atoms with E-state index >= 15 is 0 Å². The monoisotopic (exact) mass is 368 g/mol. The normalized spacial score (nSPS) is 17.2. The fourth-order valence-corrected chi connectivity index (χ4v) is 3.14. The van der Waals surface area contributed by atoms with Crippen molar-refractivity contribution < 1.29 is 9.53 Å². The molecule has 122 valence electrons. The maximum Gasteiger partial charge on any atom is 0.230 e. The van der Waals surface area contributed by atoms with Gasteiger partial charge in [0.25, 0.3) is 0 Å². The highest BCUT2D eigenvalue weighted by Crippen LogP contribution is 2.35. The van der Waals surface area contributed by atoms with Crippen LogP contribution in [0.25, 0.3) is 0 Å². The first-order valence-corrected chi connectivity index (χ1v) is 8.81. The van der Waals surface area contributed by atoms with Gasteiger partial charge in [-0.2, -0.15) is 0 Å². The van der Waals surface area contributed by atoms with Crippen molar-refractivity contribution in [1.82, 2.24) is 10.6 Å². The summed E-state index contributed by atoms with van der Waals surface area (Å²) in [5, 5.41) is 6.40. The Labute approximate surface area is 141 Å². The highest BCUT2D eigenvalue weighted by molar-refractivity contribution is 9.10. The Balaban J connectivity index is 2.05. The van der Waals surface area contributed by atoms with E-state index < -0.39 is 5.41 Å². The van der Waals surface area contributed by atoms with E-state index in [1.807, 2.05) is 24.3 Å². The second kappa shape index (κ2) is 8.65. The van der Waals surface area contributed by atoms with Crippen molar-refractivity contribution in [3.8, 4) is 0 Å². The van der Waals surface area contributed by atoms with Crippen LogP contribution < -0.4 is 10.6 Å². The molecule has 0 atom stereocenters. The third kappa shape index (κ3) is 4.31. The maximum atomic E-state index is 12.8. The summed E-state index contributed by atoms with van der Waals surface area (Å²) in [6.45, 7) is 5.87. The summed E-state index contributed by atoms with van der Waals surface area (Å²) in [5.74, 6) is 0.122. The van der Waals surface area contributed by atoms with Crippen LogP contribution in [0.1, 0.15) is 31.7 Å². The molecule has 1 amide bonds. The number of nitrogens with one attached hydrogen (secondary N) is 2. The Morgan fingerprint density at radius 1 is 1.18 bits per heavy atom. The molecule has 1 fully saturated rings. The van der Waals surface area contributed by atoms with Gasteiger partial charge in [-0.25, -0.2) is 0 Å². The molecule has 22 heavy (non-hydrogen) atoms. The van der Waals surface area contributed by atoms with E-state index in [0.29, 0.717) is 19.8 Å². The molecule has 0 spiro atoms. The van der Waals surface area contributed by atoms with Gasteiger partial charge in [0.2, 0.25) is 5.91 Å². The molecule has 1 aromatic carbocycles. The Morgan fingerprint density at radius 2 is 1.86 bits per heavy atom. The van der Waals surface area contributed by atoms with Crippen molar-refractivity contribution in [1.29, 1.82) is 0 Å². The molecule has 0 saturated carbocycles. The second-order valence-electron chi connectivity index (χ2n) is 5.71. The summed E-state index contributed by atoms with van der Waals surface area (Å²) in [4.78, 5) is 12.8.